The zero-order chi connectivity index (χ0) is 23.4. The third kappa shape index (κ3) is 5.59. The molecule has 0 amide bonds. The highest BCUT2D eigenvalue weighted by molar-refractivity contribution is 7.89. The number of aryl methyl sites for hydroxylation is 3. The lowest BCUT2D eigenvalue weighted by molar-refractivity contribution is 0.579. The molecule has 1 aromatic heterocycles. The molecule has 0 fully saturated rings. The largest absolute Gasteiger partial charge is 0.330 e. The average molecular weight is 460 g/mol. The van der Waals surface area contributed by atoms with Crippen molar-refractivity contribution < 1.29 is 8.42 Å². The predicted molar refractivity (Wildman–Crippen MR) is 133 cm³/mol. The second kappa shape index (κ2) is 9.73. The molecule has 4 aromatic rings. The van der Waals surface area contributed by atoms with Gasteiger partial charge < -0.3 is 4.57 Å². The first-order valence-electron chi connectivity index (χ1n) is 11.0. The van der Waals surface area contributed by atoms with E-state index in [1.54, 1.807) is 18.6 Å². The van der Waals surface area contributed by atoms with Crippen LogP contribution in [0.25, 0.3) is 11.1 Å². The molecule has 0 saturated heterocycles. The normalized spacial score (nSPS) is 11.6. The number of aromatic nitrogens is 2. The van der Waals surface area contributed by atoms with E-state index >= 15 is 0 Å². The lowest BCUT2D eigenvalue weighted by Gasteiger charge is -2.12. The van der Waals surface area contributed by atoms with Crippen LogP contribution in [0.3, 0.4) is 0 Å². The molecule has 170 valence electrons. The predicted octanol–water partition coefficient (Wildman–Crippen LogP) is 5.04. The van der Waals surface area contributed by atoms with Crippen molar-refractivity contribution in [3.63, 3.8) is 0 Å². The minimum Gasteiger partial charge on any atom is -0.330 e. The van der Waals surface area contributed by atoms with Gasteiger partial charge in [0.25, 0.3) is 0 Å². The number of hydrogen-bond donors (Lipinski definition) is 1. The molecule has 1 heterocycles. The highest BCUT2D eigenvalue weighted by atomic mass is 32.2. The Morgan fingerprint density at radius 3 is 2.15 bits per heavy atom. The van der Waals surface area contributed by atoms with E-state index in [-0.39, 0.29) is 0 Å². The summed E-state index contributed by atoms with van der Waals surface area (Å²) in [5.41, 5.74) is 7.40. The van der Waals surface area contributed by atoms with Crippen molar-refractivity contribution in [3.05, 3.63) is 107 Å². The van der Waals surface area contributed by atoms with Gasteiger partial charge in [-0.15, -0.1) is 0 Å². The molecule has 0 aliphatic rings. The lowest BCUT2D eigenvalue weighted by atomic mass is 10.0. The Labute approximate surface area is 196 Å². The van der Waals surface area contributed by atoms with Gasteiger partial charge in [0.05, 0.1) is 11.2 Å². The number of rotatable bonds is 8. The zero-order valence-electron chi connectivity index (χ0n) is 19.2. The molecule has 33 heavy (non-hydrogen) atoms. The van der Waals surface area contributed by atoms with Crippen LogP contribution in [-0.2, 0) is 23.0 Å². The second-order valence-electron chi connectivity index (χ2n) is 8.49. The van der Waals surface area contributed by atoms with Crippen LogP contribution in [0.4, 0.5) is 0 Å². The molecule has 0 spiro atoms. The van der Waals surface area contributed by atoms with Crippen LogP contribution >= 0.6 is 0 Å². The van der Waals surface area contributed by atoms with E-state index in [0.29, 0.717) is 24.4 Å². The number of nitrogens with one attached hydrogen (secondary N) is 1. The molecule has 0 atom stereocenters. The Balaban J connectivity index is 1.41. The number of nitrogens with zero attached hydrogens (tertiary/aromatic N) is 2. The summed E-state index contributed by atoms with van der Waals surface area (Å²) in [5.74, 6) is 0. The molecule has 0 bridgehead atoms. The molecule has 1 N–H and O–H groups in total. The smallest absolute Gasteiger partial charge is 0.240 e. The second-order valence-corrected chi connectivity index (χ2v) is 10.2. The van der Waals surface area contributed by atoms with E-state index in [1.807, 2.05) is 26.0 Å². The Bertz CT molecular complexity index is 1340. The molecule has 6 heteroatoms. The van der Waals surface area contributed by atoms with Gasteiger partial charge in [0.2, 0.25) is 10.0 Å². The fraction of sp³-hybridized carbons (Fsp3) is 0.222. The van der Waals surface area contributed by atoms with Gasteiger partial charge in [-0.1, -0.05) is 71.8 Å². The van der Waals surface area contributed by atoms with Gasteiger partial charge >= 0.3 is 0 Å². The molecule has 0 aliphatic heterocycles. The van der Waals surface area contributed by atoms with Gasteiger partial charge in [0.15, 0.2) is 0 Å². The van der Waals surface area contributed by atoms with E-state index in [9.17, 15) is 8.42 Å². The third-order valence-electron chi connectivity index (χ3n) is 5.79. The van der Waals surface area contributed by atoms with Gasteiger partial charge in [-0.05, 0) is 49.1 Å². The topological polar surface area (TPSA) is 64.0 Å². The van der Waals surface area contributed by atoms with Crippen molar-refractivity contribution in [3.8, 4) is 11.1 Å². The summed E-state index contributed by atoms with van der Waals surface area (Å²) < 4.78 is 30.7. The van der Waals surface area contributed by atoms with Crippen molar-refractivity contribution in [1.29, 1.82) is 0 Å². The first kappa shape index (κ1) is 23.0. The summed E-state index contributed by atoms with van der Waals surface area (Å²) in [4.78, 5) is 4.56. The fourth-order valence-corrected chi connectivity index (χ4v) is 5.11. The summed E-state index contributed by atoms with van der Waals surface area (Å²) in [6.07, 6.45) is 4.15. The van der Waals surface area contributed by atoms with E-state index in [1.165, 1.54) is 16.7 Å². The van der Waals surface area contributed by atoms with E-state index < -0.39 is 10.0 Å². The average Bonchev–Trinajstić information content (AvgIpc) is 3.22. The molecule has 0 radical (unpaired) electrons. The maximum Gasteiger partial charge on any atom is 0.240 e. The van der Waals surface area contributed by atoms with Crippen LogP contribution in [0.2, 0.25) is 0 Å². The highest BCUT2D eigenvalue weighted by Gasteiger charge is 2.17. The summed E-state index contributed by atoms with van der Waals surface area (Å²) >= 11 is 0. The van der Waals surface area contributed by atoms with Crippen LogP contribution < -0.4 is 4.72 Å². The van der Waals surface area contributed by atoms with Gasteiger partial charge in [-0.3, -0.25) is 0 Å². The summed E-state index contributed by atoms with van der Waals surface area (Å²) in [6, 6.07) is 22.1. The van der Waals surface area contributed by atoms with Crippen LogP contribution in [-0.4, -0.2) is 24.5 Å². The Morgan fingerprint density at radius 2 is 1.48 bits per heavy atom. The number of imidazole rings is 1. The maximum absolute atomic E-state index is 12.9. The molecular formula is C27H29N3O2S. The zero-order valence-corrected chi connectivity index (χ0v) is 20.1. The quantitative estimate of drug-likeness (QED) is 0.401. The Kier molecular flexibility index (Phi) is 6.77. The Hall–Kier alpha value is -3.22. The van der Waals surface area contributed by atoms with Crippen molar-refractivity contribution in [2.45, 2.75) is 38.6 Å². The minimum atomic E-state index is -3.61. The van der Waals surface area contributed by atoms with Gasteiger partial charge in [0.1, 0.15) is 0 Å². The standard InChI is InChI=1S/C27H29N3O2S/c1-20-4-8-23(9-5-20)18-30-19-28-17-26(30)14-15-29-33(31,32)27-13-12-25(16-22(27)3)24-10-6-21(2)7-11-24/h4-13,16-17,19,29H,14-15,18H2,1-3H3. The molecule has 3 aromatic carbocycles. The maximum atomic E-state index is 12.9. The van der Waals surface area contributed by atoms with Gasteiger partial charge in [0, 0.05) is 31.4 Å². The summed E-state index contributed by atoms with van der Waals surface area (Å²) in [7, 11) is -3.61. The third-order valence-corrected chi connectivity index (χ3v) is 7.42. The molecule has 0 saturated carbocycles. The first-order chi connectivity index (χ1) is 15.8. The van der Waals surface area contributed by atoms with E-state index in [2.05, 4.69) is 69.7 Å². The number of hydrogen-bond acceptors (Lipinski definition) is 3. The molecule has 0 unspecified atom stereocenters. The summed E-state index contributed by atoms with van der Waals surface area (Å²) in [6.45, 7) is 6.97. The van der Waals surface area contributed by atoms with E-state index in [4.69, 9.17) is 0 Å². The van der Waals surface area contributed by atoms with Gasteiger partial charge in [-0.2, -0.15) is 0 Å². The number of sulfonamides is 1. The van der Waals surface area contributed by atoms with E-state index in [0.717, 1.165) is 22.4 Å². The van der Waals surface area contributed by atoms with Crippen LogP contribution in [0.5, 0.6) is 0 Å². The van der Waals surface area contributed by atoms with Gasteiger partial charge in [-0.25, -0.2) is 18.1 Å². The fourth-order valence-electron chi connectivity index (χ4n) is 3.86. The van der Waals surface area contributed by atoms with Crippen LogP contribution in [0.15, 0.2) is 84.1 Å². The first-order valence-corrected chi connectivity index (χ1v) is 12.5. The molecule has 0 aliphatic carbocycles. The highest BCUT2D eigenvalue weighted by Crippen LogP contribution is 2.25. The number of benzene rings is 3. The molecular weight excluding hydrogens is 430 g/mol. The van der Waals surface area contributed by atoms with Crippen molar-refractivity contribution in [2.75, 3.05) is 6.54 Å². The summed E-state index contributed by atoms with van der Waals surface area (Å²) in [5, 5.41) is 0. The van der Waals surface area contributed by atoms with Crippen LogP contribution in [0.1, 0.15) is 27.9 Å². The lowest BCUT2D eigenvalue weighted by Crippen LogP contribution is -2.27. The van der Waals surface area contributed by atoms with Crippen molar-refractivity contribution in [1.82, 2.24) is 14.3 Å². The Morgan fingerprint density at radius 1 is 0.848 bits per heavy atom. The molecule has 4 rings (SSSR count). The molecule has 5 nitrogen and oxygen atoms in total. The van der Waals surface area contributed by atoms with Crippen molar-refractivity contribution in [2.24, 2.45) is 0 Å². The minimum absolute atomic E-state index is 0.307. The van der Waals surface area contributed by atoms with Crippen molar-refractivity contribution >= 4 is 10.0 Å². The monoisotopic (exact) mass is 459 g/mol. The SMILES string of the molecule is Cc1ccc(Cn2cncc2CCNS(=O)(=O)c2ccc(-c3ccc(C)cc3)cc2C)cc1. The van der Waals surface area contributed by atoms with Crippen LogP contribution in [0, 0.1) is 20.8 Å².